The minimum atomic E-state index is -3.91. The molecule has 0 saturated carbocycles. The van der Waals surface area contributed by atoms with Gasteiger partial charge in [0.2, 0.25) is 0 Å². The van der Waals surface area contributed by atoms with Gasteiger partial charge in [0.15, 0.2) is 9.84 Å². The molecule has 0 radical (unpaired) electrons. The Morgan fingerprint density at radius 3 is 2.26 bits per heavy atom. The van der Waals surface area contributed by atoms with E-state index in [1.165, 1.54) is 6.92 Å². The molecule has 1 atom stereocenters. The van der Waals surface area contributed by atoms with Crippen molar-refractivity contribution in [2.24, 2.45) is 0 Å². The predicted octanol–water partition coefficient (Wildman–Crippen LogP) is 3.64. The molecule has 128 valence electrons. The molecule has 1 aromatic rings. The fourth-order valence-electron chi connectivity index (χ4n) is 2.23. The summed E-state index contributed by atoms with van der Waals surface area (Å²) in [6.07, 6.45) is 4.05. The van der Waals surface area contributed by atoms with Gasteiger partial charge in [0.1, 0.15) is 4.90 Å². The number of nitrogens with zero attached hydrogens (tertiary/aromatic N) is 2. The molecule has 0 N–H and O–H groups in total. The molecule has 1 rings (SSSR count). The number of benzene rings is 1. The zero-order valence-electron chi connectivity index (χ0n) is 13.1. The Labute approximate surface area is 134 Å². The Morgan fingerprint density at radius 1 is 1.09 bits per heavy atom. The first kappa shape index (κ1) is 19.0. The highest BCUT2D eigenvalue weighted by molar-refractivity contribution is 7.92. The SMILES string of the molecule is CCCCCC[C@H](C)S(=O)(=O)c1ccc([N+](=O)[O-])cc1[N+](=O)[O-]. The van der Waals surface area contributed by atoms with Gasteiger partial charge in [-0.3, -0.25) is 20.2 Å². The molecule has 0 bridgehead atoms. The van der Waals surface area contributed by atoms with Crippen LogP contribution in [-0.2, 0) is 9.84 Å². The van der Waals surface area contributed by atoms with E-state index in [0.717, 1.165) is 37.8 Å². The van der Waals surface area contributed by atoms with Crippen molar-refractivity contribution >= 4 is 21.2 Å². The minimum Gasteiger partial charge on any atom is -0.258 e. The summed E-state index contributed by atoms with van der Waals surface area (Å²) in [5, 5.41) is 21.0. The topological polar surface area (TPSA) is 120 Å². The molecule has 9 heteroatoms. The monoisotopic (exact) mass is 344 g/mol. The third kappa shape index (κ3) is 4.72. The summed E-state index contributed by atoms with van der Waals surface area (Å²) in [5.41, 5.74) is -1.26. The van der Waals surface area contributed by atoms with E-state index in [9.17, 15) is 28.6 Å². The molecule has 1 aromatic carbocycles. The van der Waals surface area contributed by atoms with Gasteiger partial charge in [-0.05, 0) is 19.4 Å². The highest BCUT2D eigenvalue weighted by atomic mass is 32.2. The molecule has 0 aliphatic carbocycles. The van der Waals surface area contributed by atoms with Crippen LogP contribution in [0.4, 0.5) is 11.4 Å². The van der Waals surface area contributed by atoms with Crippen LogP contribution in [0.15, 0.2) is 23.1 Å². The molecule has 23 heavy (non-hydrogen) atoms. The number of nitro groups is 2. The fraction of sp³-hybridized carbons (Fsp3) is 0.571. The maximum atomic E-state index is 12.5. The van der Waals surface area contributed by atoms with Crippen LogP contribution in [0, 0.1) is 20.2 Å². The molecular weight excluding hydrogens is 324 g/mol. The van der Waals surface area contributed by atoms with Crippen LogP contribution in [0.5, 0.6) is 0 Å². The predicted molar refractivity (Wildman–Crippen MR) is 85.2 cm³/mol. The van der Waals surface area contributed by atoms with Crippen molar-refractivity contribution in [3.63, 3.8) is 0 Å². The highest BCUT2D eigenvalue weighted by Gasteiger charge is 2.32. The Kier molecular flexibility index (Phi) is 6.62. The van der Waals surface area contributed by atoms with E-state index in [1.807, 2.05) is 6.92 Å². The second-order valence-electron chi connectivity index (χ2n) is 5.37. The molecule has 0 heterocycles. The van der Waals surface area contributed by atoms with Gasteiger partial charge < -0.3 is 0 Å². The molecule has 0 aliphatic rings. The molecule has 0 aromatic heterocycles. The van der Waals surface area contributed by atoms with Gasteiger partial charge in [0.25, 0.3) is 11.4 Å². The lowest BCUT2D eigenvalue weighted by Crippen LogP contribution is -2.19. The molecule has 0 aliphatic heterocycles. The van der Waals surface area contributed by atoms with E-state index in [2.05, 4.69) is 0 Å². The van der Waals surface area contributed by atoms with Crippen LogP contribution in [-0.4, -0.2) is 23.5 Å². The van der Waals surface area contributed by atoms with Gasteiger partial charge >= 0.3 is 0 Å². The average Bonchev–Trinajstić information content (AvgIpc) is 2.50. The molecule has 0 unspecified atom stereocenters. The number of hydrogen-bond donors (Lipinski definition) is 0. The Hall–Kier alpha value is -2.03. The average molecular weight is 344 g/mol. The van der Waals surface area contributed by atoms with Crippen molar-refractivity contribution in [1.29, 1.82) is 0 Å². The summed E-state index contributed by atoms with van der Waals surface area (Å²) in [6, 6.07) is 2.62. The van der Waals surface area contributed by atoms with Crippen molar-refractivity contribution in [2.45, 2.75) is 56.1 Å². The van der Waals surface area contributed by atoms with E-state index in [0.29, 0.717) is 12.5 Å². The summed E-state index contributed by atoms with van der Waals surface area (Å²) in [4.78, 5) is 19.6. The maximum Gasteiger partial charge on any atom is 0.294 e. The van der Waals surface area contributed by atoms with Gasteiger partial charge in [-0.2, -0.15) is 0 Å². The molecular formula is C14H20N2O6S. The summed E-state index contributed by atoms with van der Waals surface area (Å²) in [6.45, 7) is 3.55. The van der Waals surface area contributed by atoms with Crippen LogP contribution in [0.25, 0.3) is 0 Å². The van der Waals surface area contributed by atoms with E-state index in [-0.39, 0.29) is 0 Å². The van der Waals surface area contributed by atoms with Crippen LogP contribution < -0.4 is 0 Å². The standard InChI is InChI=1S/C14H20N2O6S/c1-3-4-5-6-7-11(2)23(21,22)14-9-8-12(15(17)18)10-13(14)16(19)20/h8-11H,3-7H2,1-2H3/t11-/m0/s1. The third-order valence-electron chi connectivity index (χ3n) is 3.65. The van der Waals surface area contributed by atoms with E-state index in [1.54, 1.807) is 0 Å². The second kappa shape index (κ2) is 8.00. The summed E-state index contributed by atoms with van der Waals surface area (Å²) >= 11 is 0. The lowest BCUT2D eigenvalue weighted by molar-refractivity contribution is -0.396. The first-order chi connectivity index (χ1) is 10.7. The highest BCUT2D eigenvalue weighted by Crippen LogP contribution is 2.31. The van der Waals surface area contributed by atoms with Gasteiger partial charge in [-0.15, -0.1) is 0 Å². The summed E-state index contributed by atoms with van der Waals surface area (Å²) < 4.78 is 25.1. The number of hydrogen-bond acceptors (Lipinski definition) is 6. The zero-order valence-corrected chi connectivity index (χ0v) is 13.9. The van der Waals surface area contributed by atoms with E-state index < -0.39 is 41.2 Å². The zero-order chi connectivity index (χ0) is 17.6. The number of sulfone groups is 1. The second-order valence-corrected chi connectivity index (χ2v) is 7.71. The van der Waals surface area contributed by atoms with Crippen molar-refractivity contribution in [3.05, 3.63) is 38.4 Å². The Morgan fingerprint density at radius 2 is 1.74 bits per heavy atom. The third-order valence-corrected chi connectivity index (χ3v) is 5.90. The summed E-state index contributed by atoms with van der Waals surface area (Å²) in [5.74, 6) is 0. The van der Waals surface area contributed by atoms with Crippen molar-refractivity contribution in [2.75, 3.05) is 0 Å². The van der Waals surface area contributed by atoms with Crippen LogP contribution in [0.3, 0.4) is 0 Å². The van der Waals surface area contributed by atoms with Crippen molar-refractivity contribution in [1.82, 2.24) is 0 Å². The first-order valence-electron chi connectivity index (χ1n) is 7.38. The smallest absolute Gasteiger partial charge is 0.258 e. The maximum absolute atomic E-state index is 12.5. The van der Waals surface area contributed by atoms with Crippen LogP contribution in [0.2, 0.25) is 0 Å². The fourth-order valence-corrected chi connectivity index (χ4v) is 3.83. The van der Waals surface area contributed by atoms with Crippen molar-refractivity contribution < 1.29 is 18.3 Å². The lowest BCUT2D eigenvalue weighted by Gasteiger charge is -2.13. The number of nitro benzene ring substituents is 2. The molecule has 0 saturated heterocycles. The van der Waals surface area contributed by atoms with E-state index >= 15 is 0 Å². The van der Waals surface area contributed by atoms with Gasteiger partial charge in [0.05, 0.1) is 21.2 Å². The van der Waals surface area contributed by atoms with Gasteiger partial charge in [-0.25, -0.2) is 8.42 Å². The quantitative estimate of drug-likeness (QED) is 0.383. The molecule has 0 spiro atoms. The minimum absolute atomic E-state index is 0.399. The van der Waals surface area contributed by atoms with E-state index in [4.69, 9.17) is 0 Å². The number of rotatable bonds is 9. The van der Waals surface area contributed by atoms with Gasteiger partial charge in [-0.1, -0.05) is 32.6 Å². The van der Waals surface area contributed by atoms with Crippen molar-refractivity contribution in [3.8, 4) is 0 Å². The molecule has 8 nitrogen and oxygen atoms in total. The number of unbranched alkanes of at least 4 members (excludes halogenated alkanes) is 3. The Bertz CT molecular complexity index is 687. The molecule has 0 amide bonds. The Balaban J connectivity index is 3.12. The van der Waals surface area contributed by atoms with Crippen LogP contribution >= 0.6 is 0 Å². The molecule has 0 fully saturated rings. The van der Waals surface area contributed by atoms with Crippen LogP contribution in [0.1, 0.15) is 46.0 Å². The largest absolute Gasteiger partial charge is 0.294 e. The first-order valence-corrected chi connectivity index (χ1v) is 8.93. The summed E-state index contributed by atoms with van der Waals surface area (Å²) in [7, 11) is -3.91. The normalized spacial score (nSPS) is 12.8. The number of non-ortho nitro benzene ring substituents is 1. The lowest BCUT2D eigenvalue weighted by atomic mass is 10.1. The van der Waals surface area contributed by atoms with Gasteiger partial charge in [0, 0.05) is 6.07 Å².